The van der Waals surface area contributed by atoms with E-state index in [2.05, 4.69) is 55.2 Å². The molecule has 0 radical (unpaired) electrons. The lowest BCUT2D eigenvalue weighted by molar-refractivity contribution is 0.380. The number of thiazole rings is 1. The fourth-order valence-corrected chi connectivity index (χ4v) is 4.10. The normalized spacial score (nSPS) is 15.8. The fraction of sp³-hybridized carbons (Fsp3) is 0.368. The van der Waals surface area contributed by atoms with E-state index in [-0.39, 0.29) is 0 Å². The summed E-state index contributed by atoms with van der Waals surface area (Å²) in [6.45, 7) is 4.45. The van der Waals surface area contributed by atoms with Gasteiger partial charge in [0.2, 0.25) is 0 Å². The number of aryl methyl sites for hydroxylation is 1. The number of fused-ring (bicyclic) bond motifs is 1. The van der Waals surface area contributed by atoms with Crippen molar-refractivity contribution in [2.45, 2.75) is 12.8 Å². The monoisotopic (exact) mass is 368 g/mol. The van der Waals surface area contributed by atoms with E-state index < -0.39 is 0 Å². The largest absolute Gasteiger partial charge is 0.370 e. The van der Waals surface area contributed by atoms with Crippen LogP contribution in [0.4, 0.5) is 5.13 Å². The number of aliphatic imine (C=N–C) groups is 1. The molecule has 1 aromatic carbocycles. The first-order valence-electron chi connectivity index (χ1n) is 9.05. The van der Waals surface area contributed by atoms with Gasteiger partial charge in [0, 0.05) is 61.4 Å². The number of nitrogens with zero attached hydrogens (tertiary/aromatic N) is 4. The summed E-state index contributed by atoms with van der Waals surface area (Å²) in [6.07, 6.45) is 5.98. The molecule has 0 atom stereocenters. The minimum Gasteiger partial charge on any atom is -0.370 e. The zero-order valence-electron chi connectivity index (χ0n) is 14.8. The van der Waals surface area contributed by atoms with Crippen molar-refractivity contribution < 1.29 is 0 Å². The van der Waals surface area contributed by atoms with Gasteiger partial charge in [-0.05, 0) is 24.5 Å². The first-order chi connectivity index (χ1) is 12.8. The van der Waals surface area contributed by atoms with Gasteiger partial charge >= 0.3 is 0 Å². The molecule has 3 N–H and O–H groups in total. The molecule has 1 saturated heterocycles. The second kappa shape index (κ2) is 7.78. The van der Waals surface area contributed by atoms with Gasteiger partial charge < -0.3 is 20.5 Å². The van der Waals surface area contributed by atoms with Crippen LogP contribution in [-0.2, 0) is 6.42 Å². The summed E-state index contributed by atoms with van der Waals surface area (Å²) in [5.74, 6) is 0.669. The third-order valence-corrected chi connectivity index (χ3v) is 5.68. The van der Waals surface area contributed by atoms with Gasteiger partial charge in [-0.2, -0.15) is 0 Å². The minimum absolute atomic E-state index is 0.669. The first kappa shape index (κ1) is 16.9. The molecule has 1 fully saturated rings. The second-order valence-electron chi connectivity index (χ2n) is 6.49. The highest BCUT2D eigenvalue weighted by atomic mass is 32.1. The highest BCUT2D eigenvalue weighted by Crippen LogP contribution is 2.20. The summed E-state index contributed by atoms with van der Waals surface area (Å²) in [5.41, 5.74) is 8.75. The van der Waals surface area contributed by atoms with Crippen LogP contribution in [0.5, 0.6) is 0 Å². The molecule has 0 amide bonds. The van der Waals surface area contributed by atoms with Gasteiger partial charge in [0.1, 0.15) is 0 Å². The lowest BCUT2D eigenvalue weighted by Gasteiger charge is -2.35. The molecule has 4 rings (SSSR count). The predicted molar refractivity (Wildman–Crippen MR) is 109 cm³/mol. The van der Waals surface area contributed by atoms with Crippen molar-refractivity contribution in [2.24, 2.45) is 10.7 Å². The number of H-pyrrole nitrogens is 1. The predicted octanol–water partition coefficient (Wildman–Crippen LogP) is 2.69. The lowest BCUT2D eigenvalue weighted by atomic mass is 10.1. The number of aromatic amines is 1. The number of benzene rings is 1. The van der Waals surface area contributed by atoms with E-state index in [4.69, 9.17) is 5.73 Å². The number of nitrogens with two attached hydrogens (primary N) is 1. The molecule has 3 aromatic rings. The number of hydrogen-bond acceptors (Lipinski definition) is 4. The van der Waals surface area contributed by atoms with Crippen LogP contribution in [0.25, 0.3) is 10.9 Å². The zero-order valence-corrected chi connectivity index (χ0v) is 15.6. The number of guanidine groups is 1. The van der Waals surface area contributed by atoms with Crippen molar-refractivity contribution in [2.75, 3.05) is 37.6 Å². The molecule has 1 aliphatic rings. The minimum atomic E-state index is 0.669. The zero-order chi connectivity index (χ0) is 17.8. The summed E-state index contributed by atoms with van der Waals surface area (Å²) in [6, 6.07) is 8.42. The quantitative estimate of drug-likeness (QED) is 0.413. The van der Waals surface area contributed by atoms with Gasteiger partial charge in [-0.15, -0.1) is 11.3 Å². The van der Waals surface area contributed by atoms with Gasteiger partial charge in [0.15, 0.2) is 11.1 Å². The summed E-state index contributed by atoms with van der Waals surface area (Å²) < 4.78 is 0. The van der Waals surface area contributed by atoms with E-state index >= 15 is 0 Å². The third kappa shape index (κ3) is 3.67. The Hall–Kier alpha value is -2.54. The molecule has 0 spiro atoms. The maximum Gasteiger partial charge on any atom is 0.191 e. The molecular weight excluding hydrogens is 344 g/mol. The maximum absolute atomic E-state index is 6.20. The molecule has 3 heterocycles. The molecule has 0 bridgehead atoms. The Labute approximate surface area is 157 Å². The lowest BCUT2D eigenvalue weighted by Crippen LogP contribution is -2.51. The Bertz CT molecular complexity index is 861. The average molecular weight is 369 g/mol. The van der Waals surface area contributed by atoms with Crippen LogP contribution in [-0.4, -0.2) is 53.6 Å². The van der Waals surface area contributed by atoms with Crippen LogP contribution in [0, 0.1) is 0 Å². The third-order valence-electron chi connectivity index (χ3n) is 4.85. The van der Waals surface area contributed by atoms with Gasteiger partial charge in [0.05, 0.1) is 0 Å². The SMILES string of the molecule is NC(=NCCCc1c[nH]c2ccccc12)N1CCN(c2nccs2)CC1. The van der Waals surface area contributed by atoms with Crippen molar-refractivity contribution >= 4 is 33.3 Å². The summed E-state index contributed by atoms with van der Waals surface area (Å²) in [5, 5.41) is 4.42. The smallest absolute Gasteiger partial charge is 0.191 e. The number of hydrogen-bond donors (Lipinski definition) is 2. The van der Waals surface area contributed by atoms with Gasteiger partial charge in [-0.1, -0.05) is 18.2 Å². The van der Waals surface area contributed by atoms with Crippen LogP contribution in [0.3, 0.4) is 0 Å². The first-order valence-corrected chi connectivity index (χ1v) is 9.93. The van der Waals surface area contributed by atoms with Crippen LogP contribution < -0.4 is 10.6 Å². The number of aromatic nitrogens is 2. The Morgan fingerprint density at radius 1 is 1.23 bits per heavy atom. The van der Waals surface area contributed by atoms with E-state index in [1.54, 1.807) is 11.3 Å². The number of piperazine rings is 1. The molecule has 2 aromatic heterocycles. The Morgan fingerprint density at radius 3 is 2.88 bits per heavy atom. The average Bonchev–Trinajstić information content (AvgIpc) is 3.35. The van der Waals surface area contributed by atoms with E-state index in [1.807, 2.05) is 11.6 Å². The van der Waals surface area contributed by atoms with Gasteiger partial charge in [-0.25, -0.2) is 4.98 Å². The molecule has 0 aliphatic carbocycles. The van der Waals surface area contributed by atoms with E-state index in [0.29, 0.717) is 5.96 Å². The summed E-state index contributed by atoms with van der Waals surface area (Å²) in [4.78, 5) is 16.8. The molecule has 1 aliphatic heterocycles. The topological polar surface area (TPSA) is 73.5 Å². The Kier molecular flexibility index (Phi) is 5.06. The van der Waals surface area contributed by atoms with Crippen molar-refractivity contribution in [3.63, 3.8) is 0 Å². The van der Waals surface area contributed by atoms with Crippen molar-refractivity contribution in [1.82, 2.24) is 14.9 Å². The molecule has 6 nitrogen and oxygen atoms in total. The van der Waals surface area contributed by atoms with Crippen LogP contribution in [0.15, 0.2) is 47.0 Å². The highest BCUT2D eigenvalue weighted by molar-refractivity contribution is 7.13. The Morgan fingerprint density at radius 2 is 2.08 bits per heavy atom. The van der Waals surface area contributed by atoms with E-state index in [9.17, 15) is 0 Å². The summed E-state index contributed by atoms with van der Waals surface area (Å²) >= 11 is 1.69. The van der Waals surface area contributed by atoms with E-state index in [0.717, 1.165) is 50.7 Å². The summed E-state index contributed by atoms with van der Waals surface area (Å²) in [7, 11) is 0. The standard InChI is InChI=1S/C19H24N6S/c20-18(24-9-11-25(12-10-24)19-22-8-13-26-19)21-7-3-4-15-14-23-17-6-2-1-5-16(15)17/h1-2,5-6,8,13-14,23H,3-4,7,9-12H2,(H2,20,21). The second-order valence-corrected chi connectivity index (χ2v) is 7.36. The number of rotatable bonds is 5. The van der Waals surface area contributed by atoms with Gasteiger partial charge in [-0.3, -0.25) is 4.99 Å². The molecular formula is C19H24N6S. The molecule has 7 heteroatoms. The highest BCUT2D eigenvalue weighted by Gasteiger charge is 2.19. The number of nitrogens with one attached hydrogen (secondary N) is 1. The maximum atomic E-state index is 6.20. The van der Waals surface area contributed by atoms with Crippen LogP contribution in [0.1, 0.15) is 12.0 Å². The Balaban J connectivity index is 1.25. The van der Waals surface area contributed by atoms with Crippen LogP contribution in [0.2, 0.25) is 0 Å². The number of anilines is 1. The van der Waals surface area contributed by atoms with E-state index in [1.165, 1.54) is 16.5 Å². The molecule has 0 saturated carbocycles. The van der Waals surface area contributed by atoms with Crippen molar-refractivity contribution in [3.05, 3.63) is 47.6 Å². The van der Waals surface area contributed by atoms with Crippen LogP contribution >= 0.6 is 11.3 Å². The van der Waals surface area contributed by atoms with Crippen molar-refractivity contribution in [1.29, 1.82) is 0 Å². The van der Waals surface area contributed by atoms with Crippen molar-refractivity contribution in [3.8, 4) is 0 Å². The molecule has 26 heavy (non-hydrogen) atoms. The fourth-order valence-electron chi connectivity index (χ4n) is 3.40. The molecule has 136 valence electrons. The van der Waals surface area contributed by atoms with Gasteiger partial charge in [0.25, 0.3) is 0 Å². The number of para-hydroxylation sites is 1. The molecule has 0 unspecified atom stereocenters.